The Morgan fingerprint density at radius 1 is 1.50 bits per heavy atom. The van der Waals surface area contributed by atoms with Gasteiger partial charge in [0.1, 0.15) is 0 Å². The van der Waals surface area contributed by atoms with Crippen LogP contribution >= 0.6 is 11.6 Å². The maximum atomic E-state index is 5.96. The van der Waals surface area contributed by atoms with E-state index >= 15 is 0 Å². The summed E-state index contributed by atoms with van der Waals surface area (Å²) in [5, 5.41) is 4.47. The molecule has 1 saturated carbocycles. The molecule has 0 aromatic carbocycles. The summed E-state index contributed by atoms with van der Waals surface area (Å²) in [5.74, 6) is 0.878. The van der Waals surface area contributed by atoms with Crippen molar-refractivity contribution in [3.8, 4) is 0 Å². The minimum Gasteiger partial charge on any atom is -0.352 e. The van der Waals surface area contributed by atoms with E-state index in [2.05, 4.69) is 16.8 Å². The summed E-state index contributed by atoms with van der Waals surface area (Å²) in [6.07, 6.45) is 7.36. The molecule has 3 heteroatoms. The van der Waals surface area contributed by atoms with Gasteiger partial charge in [-0.25, -0.2) is 0 Å². The Morgan fingerprint density at radius 3 is 2.94 bits per heavy atom. The molecule has 0 aliphatic heterocycles. The minimum absolute atomic E-state index is 0.692. The standard InChI is InChI=1S/C13H21ClN2/c1-10-4-3-5-12(6-10)15-8-13-7-11(14)9-16(13)2/h7,9-10,12,15H,3-6,8H2,1-2H3. The van der Waals surface area contributed by atoms with E-state index in [1.54, 1.807) is 0 Å². The van der Waals surface area contributed by atoms with Gasteiger partial charge in [0.15, 0.2) is 0 Å². The summed E-state index contributed by atoms with van der Waals surface area (Å²) in [4.78, 5) is 0. The third-order valence-electron chi connectivity index (χ3n) is 3.58. The van der Waals surface area contributed by atoms with E-state index < -0.39 is 0 Å². The molecule has 0 bridgehead atoms. The number of aryl methyl sites for hydroxylation is 1. The largest absolute Gasteiger partial charge is 0.352 e. The lowest BCUT2D eigenvalue weighted by Gasteiger charge is -2.27. The Hall–Kier alpha value is -0.470. The van der Waals surface area contributed by atoms with Crippen LogP contribution in [0.2, 0.25) is 5.02 Å². The van der Waals surface area contributed by atoms with Crippen LogP contribution in [0.4, 0.5) is 0 Å². The zero-order valence-electron chi connectivity index (χ0n) is 10.2. The second kappa shape index (κ2) is 5.24. The fourth-order valence-corrected chi connectivity index (χ4v) is 2.88. The highest BCUT2D eigenvalue weighted by Crippen LogP contribution is 2.23. The third-order valence-corrected chi connectivity index (χ3v) is 3.79. The predicted molar refractivity (Wildman–Crippen MR) is 68.7 cm³/mol. The molecule has 1 fully saturated rings. The van der Waals surface area contributed by atoms with Gasteiger partial charge >= 0.3 is 0 Å². The Kier molecular flexibility index (Phi) is 3.93. The molecule has 1 aromatic rings. The summed E-state index contributed by atoms with van der Waals surface area (Å²) in [6, 6.07) is 2.73. The molecule has 0 amide bonds. The Balaban J connectivity index is 1.85. The monoisotopic (exact) mass is 240 g/mol. The molecule has 2 unspecified atom stereocenters. The highest BCUT2D eigenvalue weighted by atomic mass is 35.5. The lowest BCUT2D eigenvalue weighted by molar-refractivity contribution is 0.299. The van der Waals surface area contributed by atoms with Crippen molar-refractivity contribution in [1.82, 2.24) is 9.88 Å². The Bertz CT molecular complexity index is 346. The zero-order valence-corrected chi connectivity index (χ0v) is 10.9. The van der Waals surface area contributed by atoms with E-state index in [0.29, 0.717) is 6.04 Å². The SMILES string of the molecule is CC1CCCC(NCc2cc(Cl)cn2C)C1. The first-order chi connectivity index (χ1) is 7.65. The molecule has 0 radical (unpaired) electrons. The molecule has 2 atom stereocenters. The number of nitrogens with zero attached hydrogens (tertiary/aromatic N) is 1. The molecule has 1 aliphatic rings. The van der Waals surface area contributed by atoms with Crippen LogP contribution in [0.15, 0.2) is 12.3 Å². The Morgan fingerprint density at radius 2 is 2.31 bits per heavy atom. The topological polar surface area (TPSA) is 17.0 Å². The highest BCUT2D eigenvalue weighted by molar-refractivity contribution is 6.30. The average Bonchev–Trinajstić information content (AvgIpc) is 2.54. The minimum atomic E-state index is 0.692. The number of aromatic nitrogens is 1. The summed E-state index contributed by atoms with van der Waals surface area (Å²) in [7, 11) is 2.05. The average molecular weight is 241 g/mol. The fourth-order valence-electron chi connectivity index (χ4n) is 2.61. The van der Waals surface area contributed by atoms with E-state index in [-0.39, 0.29) is 0 Å². The number of nitrogens with one attached hydrogen (secondary N) is 1. The molecule has 1 heterocycles. The highest BCUT2D eigenvalue weighted by Gasteiger charge is 2.18. The zero-order chi connectivity index (χ0) is 11.5. The molecule has 1 N–H and O–H groups in total. The molecule has 90 valence electrons. The van der Waals surface area contributed by atoms with E-state index in [9.17, 15) is 0 Å². The second-order valence-corrected chi connectivity index (χ2v) is 5.55. The molecule has 0 spiro atoms. The summed E-state index contributed by atoms with van der Waals surface area (Å²) >= 11 is 5.96. The van der Waals surface area contributed by atoms with Gasteiger partial charge in [0.05, 0.1) is 5.02 Å². The van der Waals surface area contributed by atoms with Crippen molar-refractivity contribution in [3.05, 3.63) is 23.0 Å². The lowest BCUT2D eigenvalue weighted by atomic mass is 9.87. The first kappa shape index (κ1) is 12.0. The van der Waals surface area contributed by atoms with Gasteiger partial charge in [-0.15, -0.1) is 0 Å². The summed E-state index contributed by atoms with van der Waals surface area (Å²) in [5.41, 5.74) is 1.27. The van der Waals surface area contributed by atoms with E-state index in [1.807, 2.05) is 19.3 Å². The number of hydrogen-bond donors (Lipinski definition) is 1. The van der Waals surface area contributed by atoms with Gasteiger partial charge in [0.2, 0.25) is 0 Å². The quantitative estimate of drug-likeness (QED) is 0.858. The first-order valence-corrected chi connectivity index (χ1v) is 6.57. The summed E-state index contributed by atoms with van der Waals surface area (Å²) in [6.45, 7) is 3.29. The van der Waals surface area contributed by atoms with Crippen molar-refractivity contribution >= 4 is 11.6 Å². The molecule has 0 saturated heterocycles. The number of hydrogen-bond acceptors (Lipinski definition) is 1. The van der Waals surface area contributed by atoms with E-state index in [1.165, 1.54) is 31.4 Å². The van der Waals surface area contributed by atoms with Gasteiger partial charge in [-0.1, -0.05) is 31.4 Å². The molecule has 2 nitrogen and oxygen atoms in total. The van der Waals surface area contributed by atoms with Crippen molar-refractivity contribution in [2.75, 3.05) is 0 Å². The van der Waals surface area contributed by atoms with Crippen molar-refractivity contribution in [3.63, 3.8) is 0 Å². The summed E-state index contributed by atoms with van der Waals surface area (Å²) < 4.78 is 2.10. The Labute approximate surface area is 103 Å². The van der Waals surface area contributed by atoms with Crippen molar-refractivity contribution in [2.24, 2.45) is 13.0 Å². The van der Waals surface area contributed by atoms with E-state index in [4.69, 9.17) is 11.6 Å². The molecule has 2 rings (SSSR count). The van der Waals surface area contributed by atoms with E-state index in [0.717, 1.165) is 17.5 Å². The molecule has 1 aromatic heterocycles. The molecular formula is C13H21ClN2. The van der Waals surface area contributed by atoms with Crippen LogP contribution in [-0.4, -0.2) is 10.6 Å². The second-order valence-electron chi connectivity index (χ2n) is 5.11. The maximum absolute atomic E-state index is 5.96. The van der Waals surface area contributed by atoms with Gasteiger partial charge in [0, 0.05) is 31.5 Å². The van der Waals surface area contributed by atoms with Crippen molar-refractivity contribution in [1.29, 1.82) is 0 Å². The van der Waals surface area contributed by atoms with Gasteiger partial charge < -0.3 is 9.88 Å². The number of halogens is 1. The third kappa shape index (κ3) is 3.02. The van der Waals surface area contributed by atoms with Gasteiger partial charge in [0.25, 0.3) is 0 Å². The predicted octanol–water partition coefficient (Wildman–Crippen LogP) is 3.35. The fraction of sp³-hybridized carbons (Fsp3) is 0.692. The lowest BCUT2D eigenvalue weighted by Crippen LogP contribution is -2.33. The van der Waals surface area contributed by atoms with Crippen LogP contribution in [0.3, 0.4) is 0 Å². The van der Waals surface area contributed by atoms with Gasteiger partial charge in [-0.3, -0.25) is 0 Å². The molecular weight excluding hydrogens is 220 g/mol. The van der Waals surface area contributed by atoms with Crippen LogP contribution in [-0.2, 0) is 13.6 Å². The van der Waals surface area contributed by atoms with Gasteiger partial charge in [-0.2, -0.15) is 0 Å². The van der Waals surface area contributed by atoms with Crippen LogP contribution in [0.25, 0.3) is 0 Å². The van der Waals surface area contributed by atoms with Crippen LogP contribution < -0.4 is 5.32 Å². The smallest absolute Gasteiger partial charge is 0.0585 e. The van der Waals surface area contributed by atoms with Crippen LogP contribution in [0.1, 0.15) is 38.3 Å². The van der Waals surface area contributed by atoms with Crippen molar-refractivity contribution in [2.45, 2.75) is 45.2 Å². The van der Waals surface area contributed by atoms with Gasteiger partial charge in [-0.05, 0) is 24.8 Å². The maximum Gasteiger partial charge on any atom is 0.0585 e. The van der Waals surface area contributed by atoms with Crippen LogP contribution in [0, 0.1) is 5.92 Å². The van der Waals surface area contributed by atoms with Crippen LogP contribution in [0.5, 0.6) is 0 Å². The first-order valence-electron chi connectivity index (χ1n) is 6.19. The van der Waals surface area contributed by atoms with Crippen molar-refractivity contribution < 1.29 is 0 Å². The number of rotatable bonds is 3. The molecule has 1 aliphatic carbocycles. The molecule has 16 heavy (non-hydrogen) atoms. The normalized spacial score (nSPS) is 25.9.